The Kier molecular flexibility index (Phi) is 4.95. The van der Waals surface area contributed by atoms with Crippen molar-refractivity contribution in [3.63, 3.8) is 0 Å². The first kappa shape index (κ1) is 17.5. The number of Topliss-reactive ketones (excluding diaryl/α,β-unsaturated/α-hetero) is 1. The Balaban J connectivity index is 1.42. The van der Waals surface area contributed by atoms with E-state index in [-0.39, 0.29) is 5.78 Å². The maximum absolute atomic E-state index is 12.7. The van der Waals surface area contributed by atoms with Gasteiger partial charge in [-0.3, -0.25) is 4.79 Å². The first-order valence-corrected chi connectivity index (χ1v) is 10.6. The lowest BCUT2D eigenvalue weighted by Crippen LogP contribution is -2.08. The molecule has 0 aromatic carbocycles. The van der Waals surface area contributed by atoms with Gasteiger partial charge in [0.1, 0.15) is 0 Å². The topological polar surface area (TPSA) is 65.6 Å². The second-order valence-corrected chi connectivity index (χ2v) is 8.59. The molecule has 0 radical (unpaired) electrons. The van der Waals surface area contributed by atoms with Crippen molar-refractivity contribution in [1.82, 2.24) is 24.8 Å². The summed E-state index contributed by atoms with van der Waals surface area (Å²) in [6, 6.07) is 6.67. The third-order valence-electron chi connectivity index (χ3n) is 4.72. The average molecular weight is 388 g/mol. The monoisotopic (exact) mass is 387 g/mol. The molecule has 0 unspecified atom stereocenters. The lowest BCUT2D eigenvalue weighted by molar-refractivity contribution is 0.102. The number of thioether (sulfide) groups is 1. The normalized spacial score (nSPS) is 14.1. The Bertz CT molecular complexity index is 908. The molecule has 26 heavy (non-hydrogen) atoms. The summed E-state index contributed by atoms with van der Waals surface area (Å²) in [5.41, 5.74) is 2.99. The molecule has 3 aromatic rings. The molecule has 0 saturated heterocycles. The number of carbonyl (C=O) groups is 1. The van der Waals surface area contributed by atoms with Crippen LogP contribution in [-0.4, -0.2) is 36.3 Å². The molecule has 0 aliphatic heterocycles. The first-order valence-electron chi connectivity index (χ1n) is 8.76. The molecule has 0 bridgehead atoms. The van der Waals surface area contributed by atoms with E-state index in [0.717, 1.165) is 47.9 Å². The summed E-state index contributed by atoms with van der Waals surface area (Å²) in [7, 11) is 0. The molecule has 3 aromatic heterocycles. The van der Waals surface area contributed by atoms with E-state index in [1.807, 2.05) is 17.7 Å². The summed E-state index contributed by atoms with van der Waals surface area (Å²) in [4.78, 5) is 14.1. The predicted molar refractivity (Wildman–Crippen MR) is 103 cm³/mol. The third-order valence-corrected chi connectivity index (χ3v) is 6.59. The summed E-state index contributed by atoms with van der Waals surface area (Å²) in [6.45, 7) is 5.01. The van der Waals surface area contributed by atoms with Crippen molar-refractivity contribution in [2.75, 3.05) is 5.75 Å². The van der Waals surface area contributed by atoms with Crippen LogP contribution in [-0.2, 0) is 13.0 Å². The Morgan fingerprint density at radius 2 is 2.23 bits per heavy atom. The minimum absolute atomic E-state index is 0.135. The van der Waals surface area contributed by atoms with Crippen molar-refractivity contribution in [1.29, 1.82) is 0 Å². The van der Waals surface area contributed by atoms with Gasteiger partial charge in [0.2, 0.25) is 5.16 Å². The van der Waals surface area contributed by atoms with Crippen LogP contribution < -0.4 is 0 Å². The predicted octanol–water partition coefficient (Wildman–Crippen LogP) is 3.71. The largest absolute Gasteiger partial charge is 0.348 e. The first-order chi connectivity index (χ1) is 12.6. The smallest absolute Gasteiger partial charge is 0.210 e. The molecule has 6 nitrogen and oxygen atoms in total. The van der Waals surface area contributed by atoms with Crippen molar-refractivity contribution in [2.45, 2.75) is 50.9 Å². The third kappa shape index (κ3) is 3.61. The molecule has 1 aliphatic rings. The van der Waals surface area contributed by atoms with E-state index < -0.39 is 0 Å². The maximum atomic E-state index is 12.7. The van der Waals surface area contributed by atoms with E-state index in [1.54, 1.807) is 11.3 Å². The van der Waals surface area contributed by atoms with E-state index in [2.05, 4.69) is 44.5 Å². The Hall–Kier alpha value is -1.93. The highest BCUT2D eigenvalue weighted by molar-refractivity contribution is 7.99. The van der Waals surface area contributed by atoms with E-state index in [0.29, 0.717) is 11.8 Å². The van der Waals surface area contributed by atoms with Crippen molar-refractivity contribution >= 4 is 28.9 Å². The van der Waals surface area contributed by atoms with Gasteiger partial charge in [-0.1, -0.05) is 17.8 Å². The van der Waals surface area contributed by atoms with Gasteiger partial charge in [0.25, 0.3) is 0 Å². The van der Waals surface area contributed by atoms with Crippen LogP contribution in [0.4, 0.5) is 0 Å². The summed E-state index contributed by atoms with van der Waals surface area (Å²) in [5.74, 6) is 0.498. The molecule has 3 heterocycles. The molecule has 4 rings (SSSR count). The van der Waals surface area contributed by atoms with Gasteiger partial charge < -0.3 is 4.57 Å². The molecule has 8 heteroatoms. The molecule has 1 fully saturated rings. The quantitative estimate of drug-likeness (QED) is 0.435. The molecule has 1 saturated carbocycles. The summed E-state index contributed by atoms with van der Waals surface area (Å²) in [6.07, 6.45) is 3.24. The van der Waals surface area contributed by atoms with E-state index in [9.17, 15) is 4.79 Å². The number of rotatable bonds is 8. The molecule has 136 valence electrons. The van der Waals surface area contributed by atoms with Gasteiger partial charge >= 0.3 is 0 Å². The summed E-state index contributed by atoms with van der Waals surface area (Å²) >= 11 is 3.21. The molecule has 0 spiro atoms. The second kappa shape index (κ2) is 7.36. The molecular formula is C18H21N5OS2. The zero-order valence-electron chi connectivity index (χ0n) is 14.9. The number of hydrogen-bond donors (Lipinski definition) is 0. The summed E-state index contributed by atoms with van der Waals surface area (Å²) in [5, 5.41) is 14.7. The minimum Gasteiger partial charge on any atom is -0.348 e. The van der Waals surface area contributed by atoms with Crippen LogP contribution in [0.15, 0.2) is 28.7 Å². The van der Waals surface area contributed by atoms with Crippen molar-refractivity contribution < 1.29 is 4.79 Å². The highest BCUT2D eigenvalue weighted by Crippen LogP contribution is 2.36. The van der Waals surface area contributed by atoms with Crippen LogP contribution in [0.5, 0.6) is 0 Å². The van der Waals surface area contributed by atoms with E-state index >= 15 is 0 Å². The number of carbonyl (C=O) groups excluding carboxylic acids is 1. The molecule has 1 aliphatic carbocycles. The number of hydrogen-bond acceptors (Lipinski definition) is 6. The van der Waals surface area contributed by atoms with E-state index in [1.165, 1.54) is 16.6 Å². The van der Waals surface area contributed by atoms with Crippen molar-refractivity contribution in [3.05, 3.63) is 45.4 Å². The van der Waals surface area contributed by atoms with Gasteiger partial charge in [-0.05, 0) is 61.0 Å². The highest BCUT2D eigenvalue weighted by atomic mass is 32.2. The Morgan fingerprint density at radius 3 is 2.96 bits per heavy atom. The van der Waals surface area contributed by atoms with Crippen LogP contribution >= 0.6 is 23.1 Å². The van der Waals surface area contributed by atoms with Gasteiger partial charge in [0.15, 0.2) is 5.78 Å². The lowest BCUT2D eigenvalue weighted by atomic mass is 10.2. The number of ketones is 1. The molecule has 0 atom stereocenters. The fraction of sp³-hybridized carbons (Fsp3) is 0.444. The maximum Gasteiger partial charge on any atom is 0.210 e. The number of thiophene rings is 1. The molecular weight excluding hydrogens is 366 g/mol. The fourth-order valence-corrected chi connectivity index (χ4v) is 4.67. The second-order valence-electron chi connectivity index (χ2n) is 6.61. The van der Waals surface area contributed by atoms with Crippen molar-refractivity contribution in [3.8, 4) is 0 Å². The number of nitrogens with zero attached hydrogens (tertiary/aromatic N) is 5. The van der Waals surface area contributed by atoms with Crippen LogP contribution in [0.3, 0.4) is 0 Å². The van der Waals surface area contributed by atoms with Gasteiger partial charge in [-0.15, -0.1) is 16.4 Å². The van der Waals surface area contributed by atoms with Gasteiger partial charge in [0, 0.05) is 28.4 Å². The van der Waals surface area contributed by atoms with Gasteiger partial charge in [-0.25, -0.2) is 4.68 Å². The lowest BCUT2D eigenvalue weighted by Gasteiger charge is -2.09. The fourth-order valence-electron chi connectivity index (χ4n) is 3.14. The summed E-state index contributed by atoms with van der Waals surface area (Å²) < 4.78 is 4.09. The average Bonchev–Trinajstić information content (AvgIpc) is 3.05. The number of tetrazole rings is 1. The molecule has 0 N–H and O–H groups in total. The van der Waals surface area contributed by atoms with Gasteiger partial charge in [0.05, 0.1) is 11.8 Å². The van der Waals surface area contributed by atoms with Crippen LogP contribution in [0.2, 0.25) is 0 Å². The molecule has 0 amide bonds. The van der Waals surface area contributed by atoms with Crippen LogP contribution in [0, 0.1) is 13.8 Å². The minimum atomic E-state index is 0.135. The SMILES string of the molecule is Cc1cc(C(=O)CSc2nnnn2C2CC2)c(C)n1CCc1cccs1. The zero-order chi connectivity index (χ0) is 18.1. The Morgan fingerprint density at radius 1 is 1.38 bits per heavy atom. The Labute approximate surface area is 160 Å². The highest BCUT2D eigenvalue weighted by Gasteiger charge is 2.28. The standard InChI is InChI=1S/C18H21N5OS2/c1-12-10-16(13(2)22(12)8-7-15-4-3-9-25-15)17(24)11-26-18-19-20-21-23(18)14-5-6-14/h3-4,9-10,14H,5-8,11H2,1-2H3. The van der Waals surface area contributed by atoms with E-state index in [4.69, 9.17) is 0 Å². The van der Waals surface area contributed by atoms with Crippen LogP contribution in [0.1, 0.15) is 45.5 Å². The number of aryl methyl sites for hydroxylation is 2. The van der Waals surface area contributed by atoms with Crippen molar-refractivity contribution in [2.24, 2.45) is 0 Å². The van der Waals surface area contributed by atoms with Gasteiger partial charge in [-0.2, -0.15) is 0 Å². The number of aromatic nitrogens is 5. The van der Waals surface area contributed by atoms with Crippen LogP contribution in [0.25, 0.3) is 0 Å². The zero-order valence-corrected chi connectivity index (χ0v) is 16.5.